The molecule has 5 heterocycles. The number of anilines is 4. The molecule has 0 saturated carbocycles. The Kier molecular flexibility index (Phi) is 4.52. The number of furan rings is 1. The Bertz CT molecular complexity index is 1230. The SMILES string of the molecule is CC1(C)Oc2ccc(Nc3nc(N4CCC5(CCNCC5)C4)c4occc4n3)cc2NC1=O. The summed E-state index contributed by atoms with van der Waals surface area (Å²) in [7, 11) is 0. The molecular formula is C24H28N6O3. The molecule has 3 aliphatic heterocycles. The number of rotatable bonds is 3. The Morgan fingerprint density at radius 2 is 1.97 bits per heavy atom. The molecular weight excluding hydrogens is 420 g/mol. The quantitative estimate of drug-likeness (QED) is 0.558. The number of nitrogens with one attached hydrogen (secondary N) is 3. The van der Waals surface area contributed by atoms with Gasteiger partial charge in [0.05, 0.1) is 12.0 Å². The molecule has 0 unspecified atom stereocenters. The van der Waals surface area contributed by atoms with E-state index in [1.54, 1.807) is 20.1 Å². The molecule has 3 aliphatic rings. The third-order valence-electron chi connectivity index (χ3n) is 7.08. The van der Waals surface area contributed by atoms with Gasteiger partial charge in [0.25, 0.3) is 5.91 Å². The highest BCUT2D eigenvalue weighted by atomic mass is 16.5. The average Bonchev–Trinajstić information content (AvgIpc) is 3.42. The van der Waals surface area contributed by atoms with Crippen molar-refractivity contribution in [3.63, 3.8) is 0 Å². The molecule has 33 heavy (non-hydrogen) atoms. The fourth-order valence-electron chi connectivity index (χ4n) is 5.12. The summed E-state index contributed by atoms with van der Waals surface area (Å²) in [6.45, 7) is 7.61. The topological polar surface area (TPSA) is 105 Å². The van der Waals surface area contributed by atoms with E-state index in [9.17, 15) is 4.79 Å². The van der Waals surface area contributed by atoms with Gasteiger partial charge >= 0.3 is 0 Å². The number of amides is 1. The van der Waals surface area contributed by atoms with Crippen molar-refractivity contribution in [1.82, 2.24) is 15.3 Å². The van der Waals surface area contributed by atoms with Gasteiger partial charge in [-0.3, -0.25) is 4.79 Å². The third kappa shape index (κ3) is 3.56. The van der Waals surface area contributed by atoms with E-state index in [0.29, 0.717) is 22.8 Å². The predicted molar refractivity (Wildman–Crippen MR) is 126 cm³/mol. The predicted octanol–water partition coefficient (Wildman–Crippen LogP) is 3.66. The van der Waals surface area contributed by atoms with Gasteiger partial charge in [-0.1, -0.05) is 0 Å². The first-order valence-corrected chi connectivity index (χ1v) is 11.5. The van der Waals surface area contributed by atoms with Crippen molar-refractivity contribution in [2.24, 2.45) is 5.41 Å². The molecule has 0 radical (unpaired) electrons. The molecule has 9 nitrogen and oxygen atoms in total. The smallest absolute Gasteiger partial charge is 0.268 e. The molecule has 2 fully saturated rings. The van der Waals surface area contributed by atoms with E-state index in [-0.39, 0.29) is 5.91 Å². The summed E-state index contributed by atoms with van der Waals surface area (Å²) in [5, 5.41) is 9.69. The number of nitrogens with zero attached hydrogens (tertiary/aromatic N) is 3. The van der Waals surface area contributed by atoms with Crippen molar-refractivity contribution in [3.05, 3.63) is 30.5 Å². The molecule has 2 saturated heterocycles. The van der Waals surface area contributed by atoms with Crippen LogP contribution in [0.25, 0.3) is 11.1 Å². The minimum absolute atomic E-state index is 0.175. The van der Waals surface area contributed by atoms with E-state index < -0.39 is 5.60 Å². The number of piperidine rings is 1. The van der Waals surface area contributed by atoms with Crippen LogP contribution in [-0.2, 0) is 4.79 Å². The summed E-state index contributed by atoms with van der Waals surface area (Å²) in [6.07, 6.45) is 5.22. The zero-order chi connectivity index (χ0) is 22.6. The van der Waals surface area contributed by atoms with E-state index in [4.69, 9.17) is 14.1 Å². The number of fused-ring (bicyclic) bond motifs is 2. The van der Waals surface area contributed by atoms with Gasteiger partial charge in [0.2, 0.25) is 5.95 Å². The van der Waals surface area contributed by atoms with Crippen LogP contribution in [0.1, 0.15) is 33.1 Å². The number of hydrogen-bond acceptors (Lipinski definition) is 8. The van der Waals surface area contributed by atoms with Crippen LogP contribution in [0.15, 0.2) is 34.9 Å². The van der Waals surface area contributed by atoms with Crippen LogP contribution in [0.4, 0.5) is 23.1 Å². The second kappa shape index (κ2) is 7.34. The van der Waals surface area contributed by atoms with Crippen molar-refractivity contribution in [2.75, 3.05) is 41.7 Å². The van der Waals surface area contributed by atoms with Crippen molar-refractivity contribution in [2.45, 2.75) is 38.7 Å². The average molecular weight is 449 g/mol. The standard InChI is InChI=1S/C24H28N6O3/c1-23(2)21(31)27-17-13-15(3-4-18(17)33-23)26-22-28-16-5-12-32-19(16)20(29-22)30-11-8-24(14-30)6-9-25-10-7-24/h3-5,12-13,25H,6-11,14H2,1-2H3,(H,27,31)(H,26,28,29). The maximum atomic E-state index is 12.3. The number of aromatic nitrogens is 2. The van der Waals surface area contributed by atoms with E-state index in [0.717, 1.165) is 48.8 Å². The molecule has 1 spiro atoms. The minimum atomic E-state index is -0.895. The molecule has 1 amide bonds. The van der Waals surface area contributed by atoms with E-state index in [1.165, 1.54) is 19.3 Å². The first-order chi connectivity index (χ1) is 15.9. The van der Waals surface area contributed by atoms with Crippen LogP contribution in [0, 0.1) is 5.41 Å². The second-order valence-corrected chi connectivity index (χ2v) is 9.83. The summed E-state index contributed by atoms with van der Waals surface area (Å²) in [5.41, 5.74) is 2.34. The Morgan fingerprint density at radius 3 is 2.82 bits per heavy atom. The second-order valence-electron chi connectivity index (χ2n) is 9.83. The fraction of sp³-hybridized carbons (Fsp3) is 0.458. The van der Waals surface area contributed by atoms with Crippen molar-refractivity contribution in [1.29, 1.82) is 0 Å². The van der Waals surface area contributed by atoms with Crippen molar-refractivity contribution >= 4 is 40.1 Å². The lowest BCUT2D eigenvalue weighted by Crippen LogP contribution is -2.45. The molecule has 1 aromatic carbocycles. The van der Waals surface area contributed by atoms with Gasteiger partial charge in [0.1, 0.15) is 11.3 Å². The van der Waals surface area contributed by atoms with Gasteiger partial charge in [-0.15, -0.1) is 0 Å². The molecule has 172 valence electrons. The third-order valence-corrected chi connectivity index (χ3v) is 7.08. The minimum Gasteiger partial charge on any atom is -0.476 e. The Morgan fingerprint density at radius 1 is 1.12 bits per heavy atom. The largest absolute Gasteiger partial charge is 0.476 e. The first-order valence-electron chi connectivity index (χ1n) is 11.5. The van der Waals surface area contributed by atoms with Gasteiger partial charge in [-0.05, 0) is 69.8 Å². The van der Waals surface area contributed by atoms with Crippen molar-refractivity contribution in [3.8, 4) is 5.75 Å². The highest BCUT2D eigenvalue weighted by molar-refractivity contribution is 6.00. The van der Waals surface area contributed by atoms with Gasteiger partial charge in [-0.25, -0.2) is 4.98 Å². The molecule has 2 aromatic heterocycles. The van der Waals surface area contributed by atoms with Crippen LogP contribution >= 0.6 is 0 Å². The van der Waals surface area contributed by atoms with Crippen molar-refractivity contribution < 1.29 is 13.9 Å². The zero-order valence-corrected chi connectivity index (χ0v) is 18.9. The Balaban J connectivity index is 1.29. The summed E-state index contributed by atoms with van der Waals surface area (Å²) < 4.78 is 11.6. The van der Waals surface area contributed by atoms with E-state index in [1.807, 2.05) is 24.3 Å². The molecule has 0 atom stereocenters. The molecule has 0 bridgehead atoms. The maximum Gasteiger partial charge on any atom is 0.268 e. The Labute approximate surface area is 191 Å². The number of carbonyl (C=O) groups is 1. The van der Waals surface area contributed by atoms with Gasteiger partial charge < -0.3 is 30.0 Å². The van der Waals surface area contributed by atoms with Crippen LogP contribution in [0.3, 0.4) is 0 Å². The number of ether oxygens (including phenoxy) is 1. The highest BCUT2D eigenvalue weighted by Crippen LogP contribution is 2.42. The molecule has 3 N–H and O–H groups in total. The molecule has 9 heteroatoms. The van der Waals surface area contributed by atoms with Crippen LogP contribution < -0.4 is 25.6 Å². The number of carbonyl (C=O) groups excluding carboxylic acids is 1. The lowest BCUT2D eigenvalue weighted by molar-refractivity contribution is -0.129. The fourth-order valence-corrected chi connectivity index (χ4v) is 5.12. The first kappa shape index (κ1) is 20.3. The highest BCUT2D eigenvalue weighted by Gasteiger charge is 2.40. The van der Waals surface area contributed by atoms with Gasteiger partial charge in [0, 0.05) is 24.8 Å². The number of benzene rings is 1. The maximum absolute atomic E-state index is 12.3. The van der Waals surface area contributed by atoms with E-state index in [2.05, 4.69) is 25.8 Å². The molecule has 3 aromatic rings. The number of hydrogen-bond donors (Lipinski definition) is 3. The lowest BCUT2D eigenvalue weighted by atomic mass is 9.78. The zero-order valence-electron chi connectivity index (χ0n) is 18.9. The van der Waals surface area contributed by atoms with Crippen LogP contribution in [0.5, 0.6) is 5.75 Å². The summed E-state index contributed by atoms with van der Waals surface area (Å²) in [4.78, 5) is 24.1. The Hall–Kier alpha value is -3.33. The monoisotopic (exact) mass is 448 g/mol. The molecule has 6 rings (SSSR count). The molecule has 0 aliphatic carbocycles. The van der Waals surface area contributed by atoms with E-state index >= 15 is 0 Å². The lowest BCUT2D eigenvalue weighted by Gasteiger charge is -2.33. The normalized spacial score (nSPS) is 21.0. The summed E-state index contributed by atoms with van der Waals surface area (Å²) in [6, 6.07) is 7.45. The summed E-state index contributed by atoms with van der Waals surface area (Å²) >= 11 is 0. The van der Waals surface area contributed by atoms with Crippen LogP contribution in [0.2, 0.25) is 0 Å². The van der Waals surface area contributed by atoms with Gasteiger partial charge in [-0.2, -0.15) is 4.98 Å². The summed E-state index contributed by atoms with van der Waals surface area (Å²) in [5.74, 6) is 1.79. The van der Waals surface area contributed by atoms with Crippen LogP contribution in [-0.4, -0.2) is 47.7 Å². The van der Waals surface area contributed by atoms with Gasteiger partial charge in [0.15, 0.2) is 17.0 Å².